The third-order valence-corrected chi connectivity index (χ3v) is 4.56. The maximum atomic E-state index is 12.0. The van der Waals surface area contributed by atoms with Crippen LogP contribution < -0.4 is 11.1 Å². The third-order valence-electron chi connectivity index (χ3n) is 4.56. The van der Waals surface area contributed by atoms with Crippen LogP contribution in [0.3, 0.4) is 0 Å². The van der Waals surface area contributed by atoms with Gasteiger partial charge in [-0.25, -0.2) is 0 Å². The lowest BCUT2D eigenvalue weighted by Gasteiger charge is -2.26. The molecule has 2 atom stereocenters. The molecule has 1 aliphatic rings. The predicted molar refractivity (Wildman–Crippen MR) is 88.3 cm³/mol. The van der Waals surface area contributed by atoms with Crippen molar-refractivity contribution >= 4 is 5.91 Å². The van der Waals surface area contributed by atoms with Gasteiger partial charge < -0.3 is 16.2 Å². The number of hydrogen-bond donors (Lipinski definition) is 3. The Morgan fingerprint density at radius 1 is 1.23 bits per heavy atom. The summed E-state index contributed by atoms with van der Waals surface area (Å²) < 4.78 is 0. The lowest BCUT2D eigenvalue weighted by atomic mass is 9.84. The highest BCUT2D eigenvalue weighted by molar-refractivity contribution is 5.81. The zero-order valence-electron chi connectivity index (χ0n) is 13.2. The molecule has 0 spiro atoms. The Morgan fingerprint density at radius 3 is 2.59 bits per heavy atom. The first kappa shape index (κ1) is 17.0. The van der Waals surface area contributed by atoms with Crippen molar-refractivity contribution in [2.24, 2.45) is 11.7 Å². The van der Waals surface area contributed by atoms with Gasteiger partial charge in [0.1, 0.15) is 6.10 Å². The van der Waals surface area contributed by atoms with Crippen molar-refractivity contribution in [2.75, 3.05) is 6.54 Å². The predicted octanol–water partition coefficient (Wildman–Crippen LogP) is 2.00. The van der Waals surface area contributed by atoms with Gasteiger partial charge in [0.15, 0.2) is 0 Å². The summed E-state index contributed by atoms with van der Waals surface area (Å²) in [4.78, 5) is 12.0. The largest absolute Gasteiger partial charge is 0.382 e. The molecule has 1 fully saturated rings. The first-order valence-corrected chi connectivity index (χ1v) is 8.42. The number of aliphatic hydroxyl groups excluding tert-OH is 1. The summed E-state index contributed by atoms with van der Waals surface area (Å²) >= 11 is 0. The number of carbonyl (C=O) groups is 1. The van der Waals surface area contributed by atoms with Crippen LogP contribution >= 0.6 is 0 Å². The van der Waals surface area contributed by atoms with Crippen molar-refractivity contribution in [2.45, 2.75) is 57.1 Å². The lowest BCUT2D eigenvalue weighted by molar-refractivity contribution is -0.130. The Kier molecular flexibility index (Phi) is 6.87. The fourth-order valence-electron chi connectivity index (χ4n) is 3.21. The molecule has 0 heterocycles. The van der Waals surface area contributed by atoms with Gasteiger partial charge in [-0.15, -0.1) is 0 Å². The molecule has 1 aromatic carbocycles. The van der Waals surface area contributed by atoms with Crippen molar-refractivity contribution in [3.8, 4) is 0 Å². The molecule has 0 saturated heterocycles. The Bertz CT molecular complexity index is 444. The van der Waals surface area contributed by atoms with E-state index in [1.165, 1.54) is 37.7 Å². The van der Waals surface area contributed by atoms with Crippen LogP contribution in [0.4, 0.5) is 0 Å². The van der Waals surface area contributed by atoms with Gasteiger partial charge in [0.2, 0.25) is 5.91 Å². The summed E-state index contributed by atoms with van der Waals surface area (Å²) in [6, 6.07) is 9.52. The number of nitrogens with two attached hydrogens (primary N) is 1. The zero-order valence-corrected chi connectivity index (χ0v) is 13.2. The van der Waals surface area contributed by atoms with E-state index in [1.807, 2.05) is 30.3 Å². The third kappa shape index (κ3) is 5.43. The van der Waals surface area contributed by atoms with E-state index in [-0.39, 0.29) is 5.91 Å². The molecule has 2 rings (SSSR count). The summed E-state index contributed by atoms with van der Waals surface area (Å²) in [5.41, 5.74) is 7.19. The van der Waals surface area contributed by atoms with Crippen LogP contribution in [0, 0.1) is 5.92 Å². The van der Waals surface area contributed by atoms with Gasteiger partial charge in [0.05, 0.1) is 0 Å². The number of rotatable bonds is 7. The molecule has 1 amide bonds. The minimum atomic E-state index is -1.10. The molecule has 4 heteroatoms. The van der Waals surface area contributed by atoms with Crippen molar-refractivity contribution in [1.29, 1.82) is 0 Å². The van der Waals surface area contributed by atoms with Crippen LogP contribution in [0.25, 0.3) is 0 Å². The first-order chi connectivity index (χ1) is 10.7. The molecule has 22 heavy (non-hydrogen) atoms. The van der Waals surface area contributed by atoms with Crippen molar-refractivity contribution in [3.63, 3.8) is 0 Å². The van der Waals surface area contributed by atoms with Gasteiger partial charge in [-0.3, -0.25) is 4.79 Å². The van der Waals surface area contributed by atoms with Crippen LogP contribution in [0.5, 0.6) is 0 Å². The molecule has 122 valence electrons. The maximum Gasteiger partial charge on any atom is 0.250 e. The Morgan fingerprint density at radius 2 is 1.91 bits per heavy atom. The van der Waals surface area contributed by atoms with Gasteiger partial charge in [-0.2, -0.15) is 0 Å². The van der Waals surface area contributed by atoms with E-state index in [2.05, 4.69) is 5.32 Å². The fraction of sp³-hybridized carbons (Fsp3) is 0.611. The summed E-state index contributed by atoms with van der Waals surface area (Å²) in [7, 11) is 0. The number of benzene rings is 1. The zero-order chi connectivity index (χ0) is 15.8. The number of nitrogens with one attached hydrogen (secondary N) is 1. The lowest BCUT2D eigenvalue weighted by Crippen LogP contribution is -2.47. The highest BCUT2D eigenvalue weighted by Crippen LogP contribution is 2.27. The normalized spacial score (nSPS) is 18.6. The van der Waals surface area contributed by atoms with Gasteiger partial charge in [-0.1, -0.05) is 62.4 Å². The second-order valence-electron chi connectivity index (χ2n) is 6.38. The number of carbonyl (C=O) groups excluding carboxylic acids is 1. The SMILES string of the molecule is N[C@H](CC1CCCCC1)C(O)C(=O)NCCc1ccccc1. The molecule has 1 aliphatic carbocycles. The average molecular weight is 304 g/mol. The number of hydrogen-bond acceptors (Lipinski definition) is 3. The molecule has 1 saturated carbocycles. The van der Waals surface area contributed by atoms with Crippen molar-refractivity contribution < 1.29 is 9.90 Å². The van der Waals surface area contributed by atoms with Crippen LogP contribution in [0.15, 0.2) is 30.3 Å². The van der Waals surface area contributed by atoms with E-state index < -0.39 is 12.1 Å². The molecule has 0 aliphatic heterocycles. The van der Waals surface area contributed by atoms with E-state index >= 15 is 0 Å². The molecule has 0 bridgehead atoms. The van der Waals surface area contributed by atoms with Crippen LogP contribution in [-0.4, -0.2) is 29.7 Å². The van der Waals surface area contributed by atoms with Gasteiger partial charge in [0, 0.05) is 12.6 Å². The molecule has 1 unspecified atom stereocenters. The van der Waals surface area contributed by atoms with Gasteiger partial charge >= 0.3 is 0 Å². The topological polar surface area (TPSA) is 75.3 Å². The fourth-order valence-corrected chi connectivity index (χ4v) is 3.21. The quantitative estimate of drug-likeness (QED) is 0.721. The number of aliphatic hydroxyl groups is 1. The van der Waals surface area contributed by atoms with Gasteiger partial charge in [0.25, 0.3) is 0 Å². The van der Waals surface area contributed by atoms with E-state index in [9.17, 15) is 9.90 Å². The average Bonchev–Trinajstić information content (AvgIpc) is 2.56. The van der Waals surface area contributed by atoms with Crippen LogP contribution in [-0.2, 0) is 11.2 Å². The smallest absolute Gasteiger partial charge is 0.250 e. The molecule has 4 N–H and O–H groups in total. The van der Waals surface area contributed by atoms with E-state index in [1.54, 1.807) is 0 Å². The first-order valence-electron chi connectivity index (χ1n) is 8.42. The Labute approximate surface area is 133 Å². The second kappa shape index (κ2) is 8.91. The highest BCUT2D eigenvalue weighted by atomic mass is 16.3. The van der Waals surface area contributed by atoms with E-state index in [4.69, 9.17) is 5.73 Å². The van der Waals surface area contributed by atoms with E-state index in [0.717, 1.165) is 12.8 Å². The number of amides is 1. The standard InChI is InChI=1S/C18H28N2O2/c19-16(13-15-9-5-2-6-10-15)17(21)18(22)20-12-11-14-7-3-1-4-8-14/h1,3-4,7-8,15-17,21H,2,5-6,9-13,19H2,(H,20,22)/t16-,17?/m1/s1. The van der Waals surface area contributed by atoms with Gasteiger partial charge in [-0.05, 0) is 24.3 Å². The van der Waals surface area contributed by atoms with Crippen LogP contribution in [0.1, 0.15) is 44.1 Å². The van der Waals surface area contributed by atoms with Crippen molar-refractivity contribution in [3.05, 3.63) is 35.9 Å². The molecule has 0 radical (unpaired) electrons. The molecular weight excluding hydrogens is 276 g/mol. The maximum absolute atomic E-state index is 12.0. The van der Waals surface area contributed by atoms with E-state index in [0.29, 0.717) is 12.5 Å². The molecular formula is C18H28N2O2. The van der Waals surface area contributed by atoms with Crippen LogP contribution in [0.2, 0.25) is 0 Å². The summed E-state index contributed by atoms with van der Waals surface area (Å²) in [6.45, 7) is 0.524. The Balaban J connectivity index is 1.69. The minimum absolute atomic E-state index is 0.348. The monoisotopic (exact) mass is 304 g/mol. The highest BCUT2D eigenvalue weighted by Gasteiger charge is 2.26. The summed E-state index contributed by atoms with van der Waals surface area (Å²) in [5, 5.41) is 12.9. The van der Waals surface area contributed by atoms with Crippen molar-refractivity contribution in [1.82, 2.24) is 5.32 Å². The minimum Gasteiger partial charge on any atom is -0.382 e. The molecule has 4 nitrogen and oxygen atoms in total. The molecule has 0 aromatic heterocycles. The summed E-state index contributed by atoms with van der Waals surface area (Å²) in [5.74, 6) is 0.217. The Hall–Kier alpha value is -1.39. The summed E-state index contributed by atoms with van der Waals surface area (Å²) in [6.07, 6.45) is 6.55. The molecule has 1 aromatic rings. The second-order valence-corrected chi connectivity index (χ2v) is 6.38.